The van der Waals surface area contributed by atoms with Gasteiger partial charge in [0.25, 0.3) is 0 Å². The molecule has 2 saturated heterocycles. The van der Waals surface area contributed by atoms with E-state index in [-0.39, 0.29) is 28.3 Å². The normalized spacial score (nSPS) is 42.5. The van der Waals surface area contributed by atoms with Crippen LogP contribution in [0.2, 0.25) is 0 Å². The smallest absolute Gasteiger partial charge is 0.311 e. The van der Waals surface area contributed by atoms with E-state index in [0.717, 1.165) is 32.4 Å². The van der Waals surface area contributed by atoms with Gasteiger partial charge < -0.3 is 14.6 Å². The van der Waals surface area contributed by atoms with Crippen LogP contribution in [0.15, 0.2) is 54.6 Å². The SMILES string of the molecule is CC[C@]12CCCN3CCc4c(n(c5ccccc45)[C@@H](c4ccc5c(c4)[C@@]46CCN7CC=C[C@@]8(C[C@@H](C(=O)OC)[C@]4(N5)[C@@H]8C)[C@H]76)C1)[C@@H]32. The highest BCUT2D eigenvalue weighted by atomic mass is 16.5. The second-order valence-corrected chi connectivity index (χ2v) is 16.4. The lowest BCUT2D eigenvalue weighted by atomic mass is 9.57. The van der Waals surface area contributed by atoms with Crippen LogP contribution in [0.4, 0.5) is 5.69 Å². The molecule has 2 bridgehead atoms. The fourth-order valence-electron chi connectivity index (χ4n) is 14.2. The van der Waals surface area contributed by atoms with E-state index in [4.69, 9.17) is 4.74 Å². The van der Waals surface area contributed by atoms with Gasteiger partial charge in [-0.1, -0.05) is 56.3 Å². The van der Waals surface area contributed by atoms with Gasteiger partial charge in [-0.3, -0.25) is 14.6 Å². The Balaban J connectivity index is 1.14. The molecule has 9 atom stereocenters. The van der Waals surface area contributed by atoms with Gasteiger partial charge in [-0.15, -0.1) is 0 Å². The van der Waals surface area contributed by atoms with E-state index in [2.05, 4.69) is 88.1 Å². The van der Waals surface area contributed by atoms with Gasteiger partial charge in [0, 0.05) is 52.2 Å². The first-order valence-corrected chi connectivity index (χ1v) is 18.2. The van der Waals surface area contributed by atoms with Crippen molar-refractivity contribution in [2.45, 2.75) is 87.9 Å². The number of hydrogen-bond acceptors (Lipinski definition) is 5. The minimum atomic E-state index is -0.319. The van der Waals surface area contributed by atoms with Crippen molar-refractivity contribution < 1.29 is 9.53 Å². The lowest BCUT2D eigenvalue weighted by Crippen LogP contribution is -2.63. The summed E-state index contributed by atoms with van der Waals surface area (Å²) in [4.78, 5) is 19.3. The van der Waals surface area contributed by atoms with Crippen LogP contribution in [0, 0.1) is 22.7 Å². The summed E-state index contributed by atoms with van der Waals surface area (Å²) in [7, 11) is 1.59. The predicted molar refractivity (Wildman–Crippen MR) is 180 cm³/mol. The van der Waals surface area contributed by atoms with E-state index in [9.17, 15) is 4.79 Å². The molecule has 4 fully saturated rings. The highest BCUT2D eigenvalue weighted by Gasteiger charge is 2.85. The summed E-state index contributed by atoms with van der Waals surface area (Å²) >= 11 is 0. The molecule has 6 heteroatoms. The van der Waals surface area contributed by atoms with E-state index in [1.807, 2.05) is 0 Å². The summed E-state index contributed by atoms with van der Waals surface area (Å²) < 4.78 is 8.39. The number of esters is 1. The van der Waals surface area contributed by atoms with Crippen LogP contribution in [0.3, 0.4) is 0 Å². The van der Waals surface area contributed by atoms with Crippen LogP contribution in [0.5, 0.6) is 0 Å². The fraction of sp³-hybridized carbons (Fsp3) is 0.575. The maximum atomic E-state index is 13.7. The molecule has 0 radical (unpaired) electrons. The maximum absolute atomic E-state index is 13.7. The van der Waals surface area contributed by atoms with Crippen molar-refractivity contribution in [1.82, 2.24) is 14.4 Å². The summed E-state index contributed by atoms with van der Waals surface area (Å²) in [6, 6.07) is 18.0. The Labute approximate surface area is 272 Å². The van der Waals surface area contributed by atoms with Gasteiger partial charge in [-0.05, 0) is 98.2 Å². The number of para-hydroxylation sites is 1. The number of hydrogen-bond donors (Lipinski definition) is 1. The molecule has 6 aliphatic heterocycles. The largest absolute Gasteiger partial charge is 0.469 e. The van der Waals surface area contributed by atoms with Gasteiger partial charge in [0.05, 0.1) is 30.7 Å². The number of benzene rings is 2. The number of carbonyl (C=O) groups is 1. The van der Waals surface area contributed by atoms with Gasteiger partial charge in [0.2, 0.25) is 0 Å². The van der Waals surface area contributed by atoms with Crippen molar-refractivity contribution in [2.75, 3.05) is 38.6 Å². The lowest BCUT2D eigenvalue weighted by Gasteiger charge is -2.57. The Morgan fingerprint density at radius 2 is 1.96 bits per heavy atom. The first-order valence-electron chi connectivity index (χ1n) is 18.2. The molecule has 2 saturated carbocycles. The molecule has 2 aromatic carbocycles. The third-order valence-electron chi connectivity index (χ3n) is 15.6. The molecular weight excluding hydrogens is 568 g/mol. The van der Waals surface area contributed by atoms with E-state index in [0.29, 0.717) is 29.5 Å². The van der Waals surface area contributed by atoms with E-state index < -0.39 is 0 Å². The molecule has 1 N–H and O–H groups in total. The Bertz CT molecular complexity index is 1890. The highest BCUT2D eigenvalue weighted by Crippen LogP contribution is 2.79. The van der Waals surface area contributed by atoms with Crippen LogP contribution in [-0.4, -0.2) is 65.2 Å². The highest BCUT2D eigenvalue weighted by molar-refractivity contribution is 5.87. The molecule has 3 spiro atoms. The minimum absolute atomic E-state index is 0.000109. The van der Waals surface area contributed by atoms with Gasteiger partial charge in [0.1, 0.15) is 0 Å². The van der Waals surface area contributed by atoms with Crippen molar-refractivity contribution >= 4 is 22.6 Å². The average Bonchev–Trinajstić information content (AvgIpc) is 3.84. The minimum Gasteiger partial charge on any atom is -0.469 e. The van der Waals surface area contributed by atoms with Crippen LogP contribution in [-0.2, 0) is 21.4 Å². The van der Waals surface area contributed by atoms with Crippen LogP contribution < -0.4 is 5.32 Å². The second-order valence-electron chi connectivity index (χ2n) is 16.4. The summed E-state index contributed by atoms with van der Waals surface area (Å²) in [6.07, 6.45) is 13.1. The number of rotatable bonds is 3. The number of fused-ring (bicyclic) bond motifs is 4. The van der Waals surface area contributed by atoms with Gasteiger partial charge in [-0.2, -0.15) is 0 Å². The maximum Gasteiger partial charge on any atom is 0.311 e. The number of anilines is 1. The Morgan fingerprint density at radius 1 is 1.07 bits per heavy atom. The fourth-order valence-corrected chi connectivity index (χ4v) is 14.2. The quantitative estimate of drug-likeness (QED) is 0.266. The summed E-state index contributed by atoms with van der Waals surface area (Å²) in [5, 5.41) is 5.65. The lowest BCUT2D eigenvalue weighted by molar-refractivity contribution is -0.149. The second kappa shape index (κ2) is 8.49. The molecule has 1 aromatic heterocycles. The number of aromatic nitrogens is 1. The molecule has 46 heavy (non-hydrogen) atoms. The number of piperidine rings is 1. The zero-order valence-corrected chi connectivity index (χ0v) is 27.5. The molecule has 6 nitrogen and oxygen atoms in total. The standard InChI is InChI=1S/C40H46N4O2/c1-4-37-14-7-17-42-19-13-27-26-9-5-6-10-31(26)44(33(27)34(37)42)32(23-37)25-11-12-30-28(21-25)39-16-20-43-18-8-15-38(36(39)43)22-29(35(45)46-3)40(39,41-30)24(38)2/h5-6,8-12,15,21,24,29,32,34,36,41H,4,7,13-14,16-20,22-23H2,1-3H3/t24-,29+,32-,34-,36+,37+,38+,39-,40-/m1/s1. The number of carbonyl (C=O) groups excluding carboxylic acids is 1. The van der Waals surface area contributed by atoms with E-state index in [1.165, 1.54) is 66.5 Å². The topological polar surface area (TPSA) is 49.7 Å². The van der Waals surface area contributed by atoms with Crippen LogP contribution >= 0.6 is 0 Å². The van der Waals surface area contributed by atoms with Crippen molar-refractivity contribution in [3.8, 4) is 0 Å². The van der Waals surface area contributed by atoms with Gasteiger partial charge >= 0.3 is 5.97 Å². The van der Waals surface area contributed by atoms with Gasteiger partial charge in [0.15, 0.2) is 0 Å². The van der Waals surface area contributed by atoms with Crippen LogP contribution in [0.25, 0.3) is 10.9 Å². The summed E-state index contributed by atoms with van der Waals surface area (Å²) in [6.45, 7) is 9.46. The zero-order valence-electron chi connectivity index (χ0n) is 27.5. The number of methoxy groups -OCH3 is 1. The molecule has 3 aromatic rings. The first kappa shape index (κ1) is 26.9. The molecule has 0 unspecified atom stereocenters. The average molecular weight is 615 g/mol. The van der Waals surface area contributed by atoms with Crippen LogP contribution in [0.1, 0.15) is 86.8 Å². The molecule has 11 rings (SSSR count). The molecule has 8 aliphatic rings. The number of nitrogens with zero attached hydrogens (tertiary/aromatic N) is 3. The first-order chi connectivity index (χ1) is 22.4. The molecule has 2 aliphatic carbocycles. The molecular formula is C40H46N4O2. The van der Waals surface area contributed by atoms with Gasteiger partial charge in [-0.25, -0.2) is 0 Å². The number of nitrogens with one attached hydrogen (secondary N) is 1. The Kier molecular flexibility index (Phi) is 4.97. The summed E-state index contributed by atoms with van der Waals surface area (Å²) in [5.74, 6) is 0.168. The number of ether oxygens (including phenoxy) is 1. The third kappa shape index (κ3) is 2.65. The third-order valence-corrected chi connectivity index (χ3v) is 15.6. The molecule has 0 amide bonds. The zero-order chi connectivity index (χ0) is 30.8. The molecule has 7 heterocycles. The van der Waals surface area contributed by atoms with E-state index in [1.54, 1.807) is 18.4 Å². The monoisotopic (exact) mass is 614 g/mol. The van der Waals surface area contributed by atoms with Crippen molar-refractivity contribution in [1.29, 1.82) is 0 Å². The molecule has 238 valence electrons. The van der Waals surface area contributed by atoms with Crippen molar-refractivity contribution in [3.05, 3.63) is 77.0 Å². The Hall–Kier alpha value is -3.09. The van der Waals surface area contributed by atoms with Crippen molar-refractivity contribution in [2.24, 2.45) is 22.7 Å². The van der Waals surface area contributed by atoms with E-state index >= 15 is 0 Å². The summed E-state index contributed by atoms with van der Waals surface area (Å²) in [5.41, 5.74) is 8.77. The Morgan fingerprint density at radius 3 is 2.83 bits per heavy atom. The predicted octanol–water partition coefficient (Wildman–Crippen LogP) is 6.60. The van der Waals surface area contributed by atoms with Crippen molar-refractivity contribution in [3.63, 3.8) is 0 Å².